The van der Waals surface area contributed by atoms with Crippen molar-refractivity contribution >= 4 is 27.5 Å². The number of fused-ring (bicyclic) bond motifs is 1. The fourth-order valence-electron chi connectivity index (χ4n) is 3.10. The van der Waals surface area contributed by atoms with E-state index in [1.54, 1.807) is 0 Å². The zero-order valence-corrected chi connectivity index (χ0v) is 18.0. The molecular weight excluding hydrogens is 447 g/mol. The summed E-state index contributed by atoms with van der Waals surface area (Å²) in [7, 11) is -4.15. The Bertz CT molecular complexity index is 1110. The molecule has 0 saturated carbocycles. The van der Waals surface area contributed by atoms with Crippen molar-refractivity contribution in [3.63, 3.8) is 0 Å². The third-order valence-electron chi connectivity index (χ3n) is 4.65. The third-order valence-corrected chi connectivity index (χ3v) is 6.03. The number of hydrogen-bond donors (Lipinski definition) is 2. The lowest BCUT2D eigenvalue weighted by atomic mass is 10.1. The van der Waals surface area contributed by atoms with Crippen LogP contribution in [0.5, 0.6) is 5.75 Å². The minimum atomic E-state index is -4.61. The van der Waals surface area contributed by atoms with Crippen molar-refractivity contribution in [1.29, 1.82) is 0 Å². The Morgan fingerprint density at radius 1 is 1.12 bits per heavy atom. The number of amidine groups is 1. The molecule has 11 heteroatoms. The molecule has 0 aliphatic carbocycles. The number of nitrogens with one attached hydrogen (secondary N) is 2. The number of ether oxygens (including phenoxy) is 1. The summed E-state index contributed by atoms with van der Waals surface area (Å²) in [5.41, 5.74) is -0.178. The first-order valence-electron chi connectivity index (χ1n) is 9.89. The Morgan fingerprint density at radius 3 is 2.50 bits per heavy atom. The number of hydrogen-bond acceptors (Lipinski definition) is 5. The highest BCUT2D eigenvalue weighted by Crippen LogP contribution is 2.35. The number of benzene rings is 2. The second-order valence-corrected chi connectivity index (χ2v) is 8.60. The second kappa shape index (κ2) is 9.60. The molecule has 0 aromatic heterocycles. The van der Waals surface area contributed by atoms with Crippen LogP contribution in [0.1, 0.15) is 30.9 Å². The Hall–Kier alpha value is -3.08. The summed E-state index contributed by atoms with van der Waals surface area (Å²) in [5, 5.41) is 5.33. The van der Waals surface area contributed by atoms with E-state index in [0.29, 0.717) is 25.6 Å². The molecular formula is C21H22F3N3O4S. The van der Waals surface area contributed by atoms with E-state index in [2.05, 4.69) is 15.0 Å². The molecule has 32 heavy (non-hydrogen) atoms. The first kappa shape index (κ1) is 23.6. The first-order chi connectivity index (χ1) is 15.1. The maximum absolute atomic E-state index is 12.9. The van der Waals surface area contributed by atoms with Gasteiger partial charge in [-0.25, -0.2) is 0 Å². The quantitative estimate of drug-likeness (QED) is 0.614. The van der Waals surface area contributed by atoms with Gasteiger partial charge in [-0.15, -0.1) is 4.40 Å². The molecule has 7 nitrogen and oxygen atoms in total. The van der Waals surface area contributed by atoms with Crippen molar-refractivity contribution in [2.45, 2.75) is 37.3 Å². The largest absolute Gasteiger partial charge is 0.494 e. The summed E-state index contributed by atoms with van der Waals surface area (Å²) < 4.78 is 72.3. The van der Waals surface area contributed by atoms with Crippen LogP contribution in [0, 0.1) is 0 Å². The van der Waals surface area contributed by atoms with Crippen molar-refractivity contribution in [2.24, 2.45) is 4.40 Å². The molecule has 0 fully saturated rings. The van der Waals surface area contributed by atoms with Gasteiger partial charge in [-0.3, -0.25) is 4.79 Å². The molecule has 0 bridgehead atoms. The number of sulfonamides is 1. The van der Waals surface area contributed by atoms with Gasteiger partial charge in [-0.05, 0) is 49.2 Å². The van der Waals surface area contributed by atoms with E-state index in [4.69, 9.17) is 4.74 Å². The predicted molar refractivity (Wildman–Crippen MR) is 113 cm³/mol. The number of amides is 1. The zero-order chi connectivity index (χ0) is 23.4. The van der Waals surface area contributed by atoms with Gasteiger partial charge >= 0.3 is 6.18 Å². The highest BCUT2D eigenvalue weighted by molar-refractivity contribution is 7.90. The average Bonchev–Trinajstić information content (AvgIpc) is 2.72. The maximum atomic E-state index is 12.9. The number of carbonyl (C=O) groups excluding carboxylic acids is 1. The van der Waals surface area contributed by atoms with Crippen LogP contribution in [-0.4, -0.2) is 33.3 Å². The molecule has 1 aliphatic rings. The summed E-state index contributed by atoms with van der Waals surface area (Å²) in [6, 6.07) is 9.76. The van der Waals surface area contributed by atoms with Crippen molar-refractivity contribution in [3.05, 3.63) is 53.6 Å². The van der Waals surface area contributed by atoms with Gasteiger partial charge in [0.05, 0.1) is 17.9 Å². The van der Waals surface area contributed by atoms with Crippen molar-refractivity contribution < 1.29 is 31.1 Å². The molecule has 0 radical (unpaired) electrons. The fraction of sp³-hybridized carbons (Fsp3) is 0.333. The number of carbonyl (C=O) groups is 1. The van der Waals surface area contributed by atoms with Gasteiger partial charge in [-0.2, -0.15) is 21.6 Å². The van der Waals surface area contributed by atoms with Gasteiger partial charge in [-0.1, -0.05) is 12.1 Å². The van der Waals surface area contributed by atoms with Gasteiger partial charge in [0.2, 0.25) is 5.91 Å². The van der Waals surface area contributed by atoms with Crippen LogP contribution in [0.15, 0.2) is 51.8 Å². The number of halogens is 3. The fourth-order valence-corrected chi connectivity index (χ4v) is 4.25. The summed E-state index contributed by atoms with van der Waals surface area (Å²) in [4.78, 5) is 11.8. The van der Waals surface area contributed by atoms with E-state index in [9.17, 15) is 26.4 Å². The molecule has 172 valence electrons. The van der Waals surface area contributed by atoms with Crippen molar-refractivity contribution in [3.8, 4) is 5.75 Å². The van der Waals surface area contributed by atoms with Gasteiger partial charge in [0, 0.05) is 19.4 Å². The number of nitrogens with zero attached hydrogens (tertiary/aromatic N) is 1. The van der Waals surface area contributed by atoms with E-state index in [1.807, 2.05) is 31.2 Å². The van der Waals surface area contributed by atoms with Gasteiger partial charge < -0.3 is 15.4 Å². The van der Waals surface area contributed by atoms with Crippen LogP contribution < -0.4 is 15.4 Å². The van der Waals surface area contributed by atoms with Gasteiger partial charge in [0.15, 0.2) is 0 Å². The molecule has 1 aliphatic heterocycles. The topological polar surface area (TPSA) is 96.9 Å². The zero-order valence-electron chi connectivity index (χ0n) is 17.2. The molecule has 2 aromatic rings. The van der Waals surface area contributed by atoms with Crippen LogP contribution in [-0.2, 0) is 27.4 Å². The van der Waals surface area contributed by atoms with Crippen molar-refractivity contribution in [1.82, 2.24) is 5.32 Å². The van der Waals surface area contributed by atoms with E-state index in [-0.39, 0.29) is 35.2 Å². The van der Waals surface area contributed by atoms with E-state index >= 15 is 0 Å². The van der Waals surface area contributed by atoms with Crippen LogP contribution in [0.25, 0.3) is 0 Å². The minimum absolute atomic E-state index is 0.0657. The molecule has 0 saturated heterocycles. The van der Waals surface area contributed by atoms with Crippen LogP contribution in [0.3, 0.4) is 0 Å². The number of alkyl halides is 3. The monoisotopic (exact) mass is 469 g/mol. The molecule has 0 spiro atoms. The lowest BCUT2D eigenvalue weighted by Gasteiger charge is -2.19. The Kier molecular flexibility index (Phi) is 7.07. The van der Waals surface area contributed by atoms with E-state index in [0.717, 1.165) is 23.4 Å². The smallest absolute Gasteiger partial charge is 0.416 e. The summed E-state index contributed by atoms with van der Waals surface area (Å²) in [6.45, 7) is 2.85. The van der Waals surface area contributed by atoms with Crippen LogP contribution in [0.4, 0.5) is 18.9 Å². The molecule has 3 rings (SSSR count). The Labute approximate surface area is 183 Å². The van der Waals surface area contributed by atoms with Crippen LogP contribution in [0.2, 0.25) is 0 Å². The second-order valence-electron chi connectivity index (χ2n) is 7.02. The normalized spacial score (nSPS) is 14.7. The Balaban J connectivity index is 1.53. The molecule has 2 aromatic carbocycles. The van der Waals surface area contributed by atoms with Crippen molar-refractivity contribution in [2.75, 3.05) is 18.5 Å². The maximum Gasteiger partial charge on any atom is 0.416 e. The lowest BCUT2D eigenvalue weighted by Crippen LogP contribution is -2.28. The van der Waals surface area contributed by atoms with E-state index in [1.165, 1.54) is 0 Å². The van der Waals surface area contributed by atoms with E-state index < -0.39 is 21.8 Å². The molecule has 1 amide bonds. The molecule has 0 unspecified atom stereocenters. The first-order valence-corrected chi connectivity index (χ1v) is 11.3. The standard InChI is InChI=1S/C21H22F3N3O4S/c1-2-31-16-6-3-14(4-7-16)11-12-25-20(28)10-9-19-26-17-13-15(21(22,23)24)5-8-18(17)32(29,30)27-19/h3-8,13H,2,9-12H2,1H3,(H,25,28)(H,26,27). The number of anilines is 1. The SMILES string of the molecule is CCOc1ccc(CCNC(=O)CCC2=NS(=O)(=O)c3ccc(C(F)(F)F)cc3N2)cc1. The summed E-state index contributed by atoms with van der Waals surface area (Å²) in [6.07, 6.45) is -4.15. The van der Waals surface area contributed by atoms with Gasteiger partial charge in [0.1, 0.15) is 16.5 Å². The lowest BCUT2D eigenvalue weighted by molar-refractivity contribution is -0.137. The molecule has 2 N–H and O–H groups in total. The summed E-state index contributed by atoms with van der Waals surface area (Å²) >= 11 is 0. The highest BCUT2D eigenvalue weighted by Gasteiger charge is 2.33. The Morgan fingerprint density at radius 2 is 1.84 bits per heavy atom. The molecule has 0 atom stereocenters. The van der Waals surface area contributed by atoms with Gasteiger partial charge in [0.25, 0.3) is 10.0 Å². The highest BCUT2D eigenvalue weighted by atomic mass is 32.2. The molecule has 1 heterocycles. The minimum Gasteiger partial charge on any atom is -0.494 e. The third kappa shape index (κ3) is 6.00. The number of rotatable bonds is 8. The average molecular weight is 469 g/mol. The van der Waals surface area contributed by atoms with Crippen LogP contribution >= 0.6 is 0 Å². The summed E-state index contributed by atoms with van der Waals surface area (Å²) in [5.74, 6) is 0.353. The predicted octanol–water partition coefficient (Wildman–Crippen LogP) is 3.76.